The van der Waals surface area contributed by atoms with Gasteiger partial charge in [-0.2, -0.15) is 0 Å². The molecule has 2 saturated heterocycles. The van der Waals surface area contributed by atoms with E-state index in [9.17, 15) is 0 Å². The zero-order valence-electron chi connectivity index (χ0n) is 10.0. The highest BCUT2D eigenvalue weighted by Gasteiger charge is 2.32. The molecule has 0 aromatic carbocycles. The summed E-state index contributed by atoms with van der Waals surface area (Å²) in [6.07, 6.45) is 4.13. The summed E-state index contributed by atoms with van der Waals surface area (Å²) < 4.78 is 5.74. The first-order chi connectivity index (χ1) is 7.35. The maximum Gasteiger partial charge on any atom is 0.0587 e. The number of rotatable bonds is 4. The van der Waals surface area contributed by atoms with Crippen molar-refractivity contribution in [1.29, 1.82) is 0 Å². The number of nitrogens with zero attached hydrogens (tertiary/aromatic N) is 1. The van der Waals surface area contributed by atoms with Crippen LogP contribution in [0.5, 0.6) is 0 Å². The van der Waals surface area contributed by atoms with E-state index in [1.54, 1.807) is 0 Å². The Morgan fingerprint density at radius 2 is 2.07 bits per heavy atom. The zero-order chi connectivity index (χ0) is 10.7. The Hall–Kier alpha value is -0.120. The minimum absolute atomic E-state index is 0.505. The summed E-state index contributed by atoms with van der Waals surface area (Å²) in [6.45, 7) is 9.03. The largest absolute Gasteiger partial charge is 0.378 e. The first kappa shape index (κ1) is 11.4. The Kier molecular flexibility index (Phi) is 4.00. The second kappa shape index (κ2) is 5.28. The molecular weight excluding hydrogens is 188 g/mol. The van der Waals surface area contributed by atoms with Crippen LogP contribution in [0.25, 0.3) is 0 Å². The molecule has 0 amide bonds. The lowest BCUT2D eigenvalue weighted by molar-refractivity contribution is -0.0419. The fourth-order valence-electron chi connectivity index (χ4n) is 2.77. The molecule has 88 valence electrons. The number of hydrogen-bond donors (Lipinski definition) is 1. The smallest absolute Gasteiger partial charge is 0.0587 e. The van der Waals surface area contributed by atoms with Gasteiger partial charge in [-0.3, -0.25) is 4.90 Å². The summed E-state index contributed by atoms with van der Waals surface area (Å²) in [5.41, 5.74) is 0. The molecule has 2 aliphatic heterocycles. The minimum atomic E-state index is 0.505. The van der Waals surface area contributed by atoms with Crippen LogP contribution in [0.4, 0.5) is 0 Å². The molecule has 2 fully saturated rings. The number of nitrogens with one attached hydrogen (secondary N) is 1. The van der Waals surface area contributed by atoms with Crippen molar-refractivity contribution in [2.45, 2.75) is 51.3 Å². The Balaban J connectivity index is 1.88. The van der Waals surface area contributed by atoms with Crippen molar-refractivity contribution in [2.75, 3.05) is 26.2 Å². The van der Waals surface area contributed by atoms with Gasteiger partial charge in [-0.25, -0.2) is 0 Å². The third-order valence-corrected chi connectivity index (χ3v) is 3.86. The molecule has 1 N–H and O–H groups in total. The molecule has 0 saturated carbocycles. The molecule has 0 radical (unpaired) electrons. The van der Waals surface area contributed by atoms with E-state index in [4.69, 9.17) is 4.74 Å². The third-order valence-electron chi connectivity index (χ3n) is 3.86. The van der Waals surface area contributed by atoms with Crippen LogP contribution in [0.1, 0.15) is 33.1 Å². The maximum atomic E-state index is 5.74. The first-order valence-electron chi connectivity index (χ1n) is 6.43. The molecular formula is C12H24N2O. The van der Waals surface area contributed by atoms with Crippen LogP contribution >= 0.6 is 0 Å². The predicted octanol–water partition coefficient (Wildman–Crippen LogP) is 1.24. The Bertz CT molecular complexity index is 194. The number of likely N-dealkylation sites (N-methyl/N-ethyl adjacent to an activating group) is 1. The van der Waals surface area contributed by atoms with Crippen molar-refractivity contribution in [1.82, 2.24) is 10.2 Å². The van der Waals surface area contributed by atoms with Gasteiger partial charge in [0, 0.05) is 31.8 Å². The molecule has 2 rings (SSSR count). The molecule has 2 heterocycles. The highest BCUT2D eigenvalue weighted by molar-refractivity contribution is 4.89. The zero-order valence-corrected chi connectivity index (χ0v) is 10.0. The summed E-state index contributed by atoms with van der Waals surface area (Å²) in [7, 11) is 0. The molecule has 2 unspecified atom stereocenters. The first-order valence-corrected chi connectivity index (χ1v) is 6.43. The van der Waals surface area contributed by atoms with Crippen LogP contribution in [0, 0.1) is 0 Å². The topological polar surface area (TPSA) is 24.5 Å². The molecule has 0 bridgehead atoms. The fourth-order valence-corrected chi connectivity index (χ4v) is 2.77. The quantitative estimate of drug-likeness (QED) is 0.759. The molecule has 2 aliphatic rings. The van der Waals surface area contributed by atoms with E-state index in [0.29, 0.717) is 6.10 Å². The van der Waals surface area contributed by atoms with E-state index in [0.717, 1.165) is 25.1 Å². The molecule has 0 aromatic heterocycles. The average Bonchev–Trinajstić information content (AvgIpc) is 2.23. The van der Waals surface area contributed by atoms with E-state index in [-0.39, 0.29) is 0 Å². The second-order valence-corrected chi connectivity index (χ2v) is 4.72. The lowest BCUT2D eigenvalue weighted by Crippen LogP contribution is -2.60. The van der Waals surface area contributed by atoms with Crippen LogP contribution < -0.4 is 5.32 Å². The standard InChI is InChI=1S/C12H24N2O/c1-3-12-7-10(5-6-15-12)14(4-2)11-8-13-9-11/h10-13H,3-9H2,1-2H3. The van der Waals surface area contributed by atoms with E-state index >= 15 is 0 Å². The molecule has 3 nitrogen and oxygen atoms in total. The van der Waals surface area contributed by atoms with Crippen molar-refractivity contribution in [3.8, 4) is 0 Å². The summed E-state index contributed by atoms with van der Waals surface area (Å²) in [5.74, 6) is 0. The molecule has 0 aromatic rings. The van der Waals surface area contributed by atoms with Gasteiger partial charge >= 0.3 is 0 Å². The van der Waals surface area contributed by atoms with Gasteiger partial charge in [0.2, 0.25) is 0 Å². The van der Waals surface area contributed by atoms with Gasteiger partial charge in [-0.15, -0.1) is 0 Å². The van der Waals surface area contributed by atoms with E-state index < -0.39 is 0 Å². The summed E-state index contributed by atoms with van der Waals surface area (Å²) in [6, 6.07) is 1.55. The molecule has 0 spiro atoms. The molecule has 15 heavy (non-hydrogen) atoms. The summed E-state index contributed by atoms with van der Waals surface area (Å²) in [5, 5.41) is 3.37. The lowest BCUT2D eigenvalue weighted by atomic mass is 9.97. The molecule has 0 aliphatic carbocycles. The van der Waals surface area contributed by atoms with E-state index in [1.165, 1.54) is 32.5 Å². The highest BCUT2D eigenvalue weighted by Crippen LogP contribution is 2.23. The van der Waals surface area contributed by atoms with Gasteiger partial charge in [0.15, 0.2) is 0 Å². The minimum Gasteiger partial charge on any atom is -0.378 e. The number of hydrogen-bond acceptors (Lipinski definition) is 3. The normalized spacial score (nSPS) is 33.0. The molecule has 2 atom stereocenters. The van der Waals surface area contributed by atoms with Crippen LogP contribution in [0.3, 0.4) is 0 Å². The number of ether oxygens (including phenoxy) is 1. The van der Waals surface area contributed by atoms with Crippen LogP contribution in [0.2, 0.25) is 0 Å². The summed E-state index contributed by atoms with van der Waals surface area (Å²) >= 11 is 0. The van der Waals surface area contributed by atoms with Gasteiger partial charge in [0.05, 0.1) is 6.10 Å². The van der Waals surface area contributed by atoms with Crippen molar-refractivity contribution < 1.29 is 4.74 Å². The maximum absolute atomic E-state index is 5.74. The summed E-state index contributed by atoms with van der Waals surface area (Å²) in [4.78, 5) is 2.68. The average molecular weight is 212 g/mol. The van der Waals surface area contributed by atoms with Gasteiger partial charge in [-0.05, 0) is 25.8 Å². The van der Waals surface area contributed by atoms with Gasteiger partial charge in [0.25, 0.3) is 0 Å². The van der Waals surface area contributed by atoms with Gasteiger partial charge < -0.3 is 10.1 Å². The van der Waals surface area contributed by atoms with Gasteiger partial charge in [-0.1, -0.05) is 13.8 Å². The van der Waals surface area contributed by atoms with Crippen molar-refractivity contribution >= 4 is 0 Å². The fraction of sp³-hybridized carbons (Fsp3) is 1.00. The third kappa shape index (κ3) is 2.52. The van der Waals surface area contributed by atoms with E-state index in [1.807, 2.05) is 0 Å². The molecule has 3 heteroatoms. The Labute approximate surface area is 93.2 Å². The lowest BCUT2D eigenvalue weighted by Gasteiger charge is -2.45. The van der Waals surface area contributed by atoms with Gasteiger partial charge in [0.1, 0.15) is 0 Å². The van der Waals surface area contributed by atoms with Crippen LogP contribution in [-0.2, 0) is 4.74 Å². The Morgan fingerprint density at radius 3 is 2.60 bits per heavy atom. The van der Waals surface area contributed by atoms with E-state index in [2.05, 4.69) is 24.1 Å². The van der Waals surface area contributed by atoms with Crippen molar-refractivity contribution in [3.05, 3.63) is 0 Å². The highest BCUT2D eigenvalue weighted by atomic mass is 16.5. The SMILES string of the molecule is CCC1CC(N(CC)C2CNC2)CCO1. The Morgan fingerprint density at radius 1 is 1.27 bits per heavy atom. The second-order valence-electron chi connectivity index (χ2n) is 4.72. The van der Waals surface area contributed by atoms with Crippen molar-refractivity contribution in [3.63, 3.8) is 0 Å². The predicted molar refractivity (Wildman–Crippen MR) is 62.1 cm³/mol. The van der Waals surface area contributed by atoms with Crippen molar-refractivity contribution in [2.24, 2.45) is 0 Å². The van der Waals surface area contributed by atoms with Crippen LogP contribution in [0.15, 0.2) is 0 Å². The monoisotopic (exact) mass is 212 g/mol. The van der Waals surface area contributed by atoms with Crippen LogP contribution in [-0.4, -0.2) is 49.3 Å².